The second-order valence-corrected chi connectivity index (χ2v) is 10.2. The zero-order chi connectivity index (χ0) is 30.6. The molecule has 0 aliphatic heterocycles. The largest absolute Gasteiger partial charge is 0.473 e. The number of hydrogen-bond acceptors (Lipinski definition) is 10. The minimum absolute atomic E-state index is 0.142. The van der Waals surface area contributed by atoms with Crippen molar-refractivity contribution in [3.8, 4) is 5.88 Å². The third-order valence-corrected chi connectivity index (χ3v) is 7.01. The quantitative estimate of drug-likeness (QED) is 0.194. The Balaban J connectivity index is 1.32. The van der Waals surface area contributed by atoms with Gasteiger partial charge in [0.15, 0.2) is 0 Å². The van der Waals surface area contributed by atoms with Crippen LogP contribution in [0.5, 0.6) is 5.88 Å². The van der Waals surface area contributed by atoms with Crippen LogP contribution >= 0.6 is 11.3 Å². The molecule has 222 valence electrons. The first kappa shape index (κ1) is 30.8. The Bertz CT molecular complexity index is 1550. The fourth-order valence-corrected chi connectivity index (χ4v) is 4.69. The van der Waals surface area contributed by atoms with Crippen molar-refractivity contribution in [2.75, 3.05) is 25.5 Å². The molecule has 1 aromatic carbocycles. The lowest BCUT2D eigenvalue weighted by molar-refractivity contribution is -0.142. The molecule has 1 atom stereocenters. The third kappa shape index (κ3) is 8.94. The SMILES string of the molecule is COC(=O)[C@H](CNC(=O)c1cccs1)NC(=O)c1c(C)nc(NC/C=C/c2cccc(OCc3ccccc3)n2)nc1C. The molecule has 12 heteroatoms. The molecule has 0 fully saturated rings. The molecule has 4 aromatic rings. The summed E-state index contributed by atoms with van der Waals surface area (Å²) in [6.45, 7) is 4.07. The number of benzene rings is 1. The van der Waals surface area contributed by atoms with E-state index in [2.05, 4.69) is 30.9 Å². The number of pyridine rings is 1. The van der Waals surface area contributed by atoms with Crippen LogP contribution in [0.1, 0.15) is 42.7 Å². The molecular weight excluding hydrogens is 568 g/mol. The molecule has 2 amide bonds. The van der Waals surface area contributed by atoms with Crippen molar-refractivity contribution < 1.29 is 23.9 Å². The van der Waals surface area contributed by atoms with Gasteiger partial charge in [-0.1, -0.05) is 48.5 Å². The van der Waals surface area contributed by atoms with E-state index in [1.165, 1.54) is 18.4 Å². The normalized spacial score (nSPS) is 11.5. The number of ether oxygens (including phenoxy) is 2. The van der Waals surface area contributed by atoms with Crippen molar-refractivity contribution >= 4 is 41.1 Å². The zero-order valence-corrected chi connectivity index (χ0v) is 24.8. The van der Waals surface area contributed by atoms with Gasteiger partial charge in [-0.05, 0) is 43.0 Å². The highest BCUT2D eigenvalue weighted by Gasteiger charge is 2.25. The van der Waals surface area contributed by atoms with Gasteiger partial charge < -0.3 is 25.4 Å². The molecule has 0 spiro atoms. The Morgan fingerprint density at radius 1 is 0.930 bits per heavy atom. The van der Waals surface area contributed by atoms with Gasteiger partial charge in [-0.25, -0.2) is 19.7 Å². The van der Waals surface area contributed by atoms with Crippen LogP contribution in [0.15, 0.2) is 72.1 Å². The van der Waals surface area contributed by atoms with Crippen molar-refractivity contribution in [1.29, 1.82) is 0 Å². The highest BCUT2D eigenvalue weighted by molar-refractivity contribution is 7.12. The van der Waals surface area contributed by atoms with Crippen molar-refractivity contribution in [1.82, 2.24) is 25.6 Å². The van der Waals surface area contributed by atoms with E-state index in [1.807, 2.05) is 60.7 Å². The van der Waals surface area contributed by atoms with Crippen LogP contribution < -0.4 is 20.7 Å². The minimum atomic E-state index is -1.10. The molecule has 3 heterocycles. The van der Waals surface area contributed by atoms with E-state index in [4.69, 9.17) is 9.47 Å². The summed E-state index contributed by atoms with van der Waals surface area (Å²) >= 11 is 1.27. The van der Waals surface area contributed by atoms with E-state index in [-0.39, 0.29) is 18.0 Å². The molecule has 3 N–H and O–H groups in total. The van der Waals surface area contributed by atoms with E-state index in [9.17, 15) is 14.4 Å². The summed E-state index contributed by atoms with van der Waals surface area (Å²) in [6, 6.07) is 17.8. The second kappa shape index (κ2) is 15.2. The number of rotatable bonds is 13. The monoisotopic (exact) mass is 600 g/mol. The minimum Gasteiger partial charge on any atom is -0.473 e. The Hall–Kier alpha value is -5.10. The number of aromatic nitrogens is 3. The maximum Gasteiger partial charge on any atom is 0.330 e. The van der Waals surface area contributed by atoms with Crippen molar-refractivity contribution in [3.05, 3.63) is 105 Å². The van der Waals surface area contributed by atoms with Crippen LogP contribution in [0.3, 0.4) is 0 Å². The van der Waals surface area contributed by atoms with Gasteiger partial charge in [0.2, 0.25) is 11.8 Å². The van der Waals surface area contributed by atoms with Crippen LogP contribution in [-0.4, -0.2) is 59.0 Å². The number of nitrogens with zero attached hydrogens (tertiary/aromatic N) is 3. The third-order valence-electron chi connectivity index (χ3n) is 6.14. The summed E-state index contributed by atoms with van der Waals surface area (Å²) in [5, 5.41) is 10.2. The molecule has 43 heavy (non-hydrogen) atoms. The van der Waals surface area contributed by atoms with Crippen LogP contribution in [0.25, 0.3) is 6.08 Å². The number of esters is 1. The number of nitrogens with one attached hydrogen (secondary N) is 3. The second-order valence-electron chi connectivity index (χ2n) is 9.29. The maximum absolute atomic E-state index is 13.1. The number of carbonyl (C=O) groups is 3. The molecule has 0 radical (unpaired) electrons. The number of methoxy groups -OCH3 is 1. The first-order chi connectivity index (χ1) is 20.8. The number of carbonyl (C=O) groups excluding carboxylic acids is 3. The van der Waals surface area contributed by atoms with Gasteiger partial charge in [0, 0.05) is 19.2 Å². The standard InChI is InChI=1S/C31H32N6O5S/c1-20-27(29(39)37-24(30(40)41-3)18-33-28(38)25-14-9-17-43-25)21(2)35-31(34-20)32-16-8-13-23-12-7-15-26(36-23)42-19-22-10-5-4-6-11-22/h4-15,17,24H,16,18-19H2,1-3H3,(H,33,38)(H,37,39)(H,32,34,35)/b13-8+/t24-/m0/s1. The fraction of sp³-hybridized carbons (Fsp3) is 0.226. The summed E-state index contributed by atoms with van der Waals surface area (Å²) < 4.78 is 10.6. The Morgan fingerprint density at radius 2 is 1.70 bits per heavy atom. The van der Waals surface area contributed by atoms with Crippen molar-refractivity contribution in [2.24, 2.45) is 0 Å². The van der Waals surface area contributed by atoms with Gasteiger partial charge in [0.25, 0.3) is 11.8 Å². The first-order valence-corrected chi connectivity index (χ1v) is 14.3. The maximum atomic E-state index is 13.1. The number of thiophene rings is 1. The van der Waals surface area contributed by atoms with E-state index in [0.717, 1.165) is 11.3 Å². The fourth-order valence-electron chi connectivity index (χ4n) is 4.04. The zero-order valence-electron chi connectivity index (χ0n) is 24.0. The van der Waals surface area contributed by atoms with Gasteiger partial charge in [-0.3, -0.25) is 9.59 Å². The highest BCUT2D eigenvalue weighted by atomic mass is 32.1. The van der Waals surface area contributed by atoms with Gasteiger partial charge in [0.05, 0.1) is 34.6 Å². The smallest absolute Gasteiger partial charge is 0.330 e. The number of aryl methyl sites for hydroxylation is 2. The first-order valence-electron chi connectivity index (χ1n) is 13.4. The molecule has 0 aliphatic carbocycles. The summed E-state index contributed by atoms with van der Waals surface area (Å²) in [5.41, 5.74) is 2.88. The molecule has 3 aromatic heterocycles. The highest BCUT2D eigenvalue weighted by Crippen LogP contribution is 2.15. The molecule has 11 nitrogen and oxygen atoms in total. The van der Waals surface area contributed by atoms with Gasteiger partial charge in [-0.15, -0.1) is 11.3 Å². The van der Waals surface area contributed by atoms with E-state index < -0.39 is 17.9 Å². The summed E-state index contributed by atoms with van der Waals surface area (Å²) in [7, 11) is 1.21. The Labute approximate surface area is 253 Å². The molecular formula is C31H32N6O5S. The topological polar surface area (TPSA) is 144 Å². The average Bonchev–Trinajstić information content (AvgIpc) is 3.56. The number of anilines is 1. The summed E-state index contributed by atoms with van der Waals surface area (Å²) in [4.78, 5) is 51.5. The van der Waals surface area contributed by atoms with Gasteiger partial charge in [-0.2, -0.15) is 0 Å². The lowest BCUT2D eigenvalue weighted by Gasteiger charge is -2.18. The van der Waals surface area contributed by atoms with Crippen LogP contribution in [0.4, 0.5) is 5.95 Å². The molecule has 0 bridgehead atoms. The van der Waals surface area contributed by atoms with Crippen LogP contribution in [0, 0.1) is 13.8 Å². The van der Waals surface area contributed by atoms with Crippen LogP contribution in [0.2, 0.25) is 0 Å². The lowest BCUT2D eigenvalue weighted by atomic mass is 10.1. The van der Waals surface area contributed by atoms with Gasteiger partial charge >= 0.3 is 5.97 Å². The van der Waals surface area contributed by atoms with Crippen LogP contribution in [-0.2, 0) is 16.1 Å². The Morgan fingerprint density at radius 3 is 2.40 bits per heavy atom. The predicted octanol–water partition coefficient (Wildman–Crippen LogP) is 3.96. The number of hydrogen-bond donors (Lipinski definition) is 3. The summed E-state index contributed by atoms with van der Waals surface area (Å²) in [6.07, 6.45) is 3.73. The average molecular weight is 601 g/mol. The van der Waals surface area contributed by atoms with Crippen molar-refractivity contribution in [3.63, 3.8) is 0 Å². The predicted molar refractivity (Wildman–Crippen MR) is 164 cm³/mol. The molecule has 4 rings (SSSR count). The molecule has 0 saturated heterocycles. The van der Waals surface area contributed by atoms with E-state index in [0.29, 0.717) is 41.2 Å². The summed E-state index contributed by atoms with van der Waals surface area (Å²) in [5.74, 6) is -0.719. The lowest BCUT2D eigenvalue weighted by Crippen LogP contribution is -2.49. The van der Waals surface area contributed by atoms with Crippen molar-refractivity contribution in [2.45, 2.75) is 26.5 Å². The molecule has 0 saturated carbocycles. The molecule has 0 aliphatic rings. The number of amides is 2. The van der Waals surface area contributed by atoms with Gasteiger partial charge in [0.1, 0.15) is 12.6 Å². The Kier molecular flexibility index (Phi) is 10.9. The van der Waals surface area contributed by atoms with E-state index >= 15 is 0 Å². The van der Waals surface area contributed by atoms with E-state index in [1.54, 1.807) is 31.4 Å². The molecule has 0 unspecified atom stereocenters.